The molecule has 4 saturated carbocycles. The fraction of sp³-hybridized carbons (Fsp3) is 0.0857. The quantitative estimate of drug-likeness (QED) is 0.105. The molecule has 0 N–H and O–H groups in total. The van der Waals surface area contributed by atoms with Gasteiger partial charge < -0.3 is 41.2 Å². The average molecular weight is 1920 g/mol. The number of hydrogen-bond acceptors (Lipinski definition) is 9. The highest BCUT2D eigenvalue weighted by molar-refractivity contribution is 6.30. The molecule has 706 valence electrons. The standard InChI is InChI=1S/2C49H31NO2.C42H33NO2/c1-4-16-32(17-5-1)49(33-18-6-2-7-19-33)40-25-13-10-22-36(40)37-29-28-35(30-41(37)49)50(34-20-8-3-9-21-34)42-31-45-47(39-24-12-14-26-43(39)51-45)48-46(42)38-23-11-15-27-44(38)52-48;1-3-15-32(16-4-1)49(40-23-11-7-19-36(40)37-20-8-12-24-41(37)49)33-27-29-35(30-28-33)50(34-17-5-2-6-18-34)42-31-45-47(39-22-10-13-25-43(39)51-45)48-46(42)38-21-9-14-26-44(38)52-48;1-2-8-31-28(7-1)13-14-29-20-30(15-16-32(29)31)43(42-22-25-17-26(23-42)19-27(18-25)24-42)35-21-38-40(34-10-4-5-11-36(34)44-38)41-39(35)33-9-3-6-12-37(33)45-41/h2*1-31H;1-16,20-21,25-27H,17-19,22-24H2. The van der Waals surface area contributed by atoms with E-state index < -0.39 is 10.8 Å². The van der Waals surface area contributed by atoms with E-state index in [0.717, 1.165) is 173 Å². The van der Waals surface area contributed by atoms with Crippen LogP contribution >= 0.6 is 0 Å². The maximum absolute atomic E-state index is 6.81. The largest absolute Gasteiger partial charge is 0.456 e. The van der Waals surface area contributed by atoms with Crippen LogP contribution in [-0.2, 0) is 10.8 Å². The third kappa shape index (κ3) is 12.8. The number of benzene rings is 22. The zero-order valence-corrected chi connectivity index (χ0v) is 81.5. The smallest absolute Gasteiger partial charge is 0.149 e. The lowest BCUT2D eigenvalue weighted by atomic mass is 9.52. The van der Waals surface area contributed by atoms with Crippen LogP contribution < -0.4 is 14.7 Å². The van der Waals surface area contributed by atoms with Crippen molar-refractivity contribution in [3.05, 3.63) is 530 Å². The first-order chi connectivity index (χ1) is 73.8. The molecule has 6 heterocycles. The Labute approximate surface area is 858 Å². The highest BCUT2D eigenvalue weighted by Gasteiger charge is 2.56. The lowest BCUT2D eigenvalue weighted by molar-refractivity contribution is 0.000660. The van der Waals surface area contributed by atoms with E-state index in [1.165, 1.54) is 149 Å². The molecule has 9 heteroatoms. The van der Waals surface area contributed by atoms with Crippen LogP contribution in [0.4, 0.5) is 45.5 Å². The summed E-state index contributed by atoms with van der Waals surface area (Å²) in [6, 6.07) is 174. The van der Waals surface area contributed by atoms with Gasteiger partial charge in [0.15, 0.2) is 0 Å². The van der Waals surface area contributed by atoms with E-state index in [9.17, 15) is 0 Å². The van der Waals surface area contributed by atoms with Crippen LogP contribution in [-0.4, -0.2) is 5.54 Å². The van der Waals surface area contributed by atoms with Gasteiger partial charge in [0.25, 0.3) is 0 Å². The van der Waals surface area contributed by atoms with E-state index >= 15 is 0 Å². The van der Waals surface area contributed by atoms with Crippen LogP contribution in [0.5, 0.6) is 0 Å². The Balaban J connectivity index is 0.000000101. The van der Waals surface area contributed by atoms with Crippen molar-refractivity contribution >= 4 is 199 Å². The molecule has 4 bridgehead atoms. The van der Waals surface area contributed by atoms with Gasteiger partial charge in [-0.15, -0.1) is 0 Å². The minimum absolute atomic E-state index is 0.0737. The molecule has 0 aliphatic heterocycles. The van der Waals surface area contributed by atoms with Crippen molar-refractivity contribution in [1.29, 1.82) is 0 Å². The molecule has 0 atom stereocenters. The zero-order valence-electron chi connectivity index (χ0n) is 81.5. The van der Waals surface area contributed by atoms with Gasteiger partial charge >= 0.3 is 0 Å². The second-order valence-corrected chi connectivity index (χ2v) is 41.5. The summed E-state index contributed by atoms with van der Waals surface area (Å²) >= 11 is 0. The molecule has 0 spiro atoms. The third-order valence-corrected chi connectivity index (χ3v) is 33.5. The third-order valence-electron chi connectivity index (χ3n) is 33.5. The van der Waals surface area contributed by atoms with Gasteiger partial charge in [-0.3, -0.25) is 0 Å². The molecule has 28 aromatic rings. The summed E-state index contributed by atoms with van der Waals surface area (Å²) < 4.78 is 40.1. The minimum Gasteiger partial charge on any atom is -0.456 e. The van der Waals surface area contributed by atoms with Gasteiger partial charge in [-0.05, 0) is 242 Å². The highest BCUT2D eigenvalue weighted by atomic mass is 16.4. The molecule has 6 aliphatic carbocycles. The molecule has 0 unspecified atom stereocenters. The summed E-state index contributed by atoms with van der Waals surface area (Å²) in [5.74, 6) is 2.44. The first-order valence-electron chi connectivity index (χ1n) is 52.2. The SMILES string of the molecule is c1ccc(N(c2ccc(C3(c4ccccc4)c4ccccc4-c4ccccc43)cc2)c2cc3oc4ccccc4c3c3oc4ccccc4c23)cc1.c1ccc(N(c2ccc3c(c2)C(c2ccccc2)(c2ccccc2)c2ccccc2-3)c2cc3oc4ccccc4c3c3oc4ccccc4c23)cc1.c1ccc2c(c1)ccc1cc(N(c3cc4oc5ccccc5c4c4oc5ccccc5c34)C34CC5CC(CC(C5)C3)C4)ccc12. The Kier molecular flexibility index (Phi) is 19.0. The topological polar surface area (TPSA) is 88.6 Å². The molecule has 6 aromatic heterocycles. The van der Waals surface area contributed by atoms with Crippen molar-refractivity contribution in [3.8, 4) is 22.3 Å². The zero-order chi connectivity index (χ0) is 97.7. The summed E-state index contributed by atoms with van der Waals surface area (Å²) in [4.78, 5) is 7.50. The van der Waals surface area contributed by atoms with Crippen LogP contribution in [0.3, 0.4) is 0 Å². The molecular weight excluding hydrogens is 1820 g/mol. The van der Waals surface area contributed by atoms with Crippen LogP contribution in [0, 0.1) is 17.8 Å². The van der Waals surface area contributed by atoms with E-state index in [-0.39, 0.29) is 5.54 Å². The van der Waals surface area contributed by atoms with Crippen molar-refractivity contribution in [2.45, 2.75) is 54.9 Å². The van der Waals surface area contributed by atoms with Gasteiger partial charge in [-0.1, -0.05) is 370 Å². The summed E-state index contributed by atoms with van der Waals surface area (Å²) in [6.45, 7) is 0. The van der Waals surface area contributed by atoms with E-state index in [1.807, 2.05) is 36.4 Å². The van der Waals surface area contributed by atoms with Crippen LogP contribution in [0.25, 0.3) is 175 Å². The average Bonchev–Trinajstić information content (AvgIpc) is 1.44. The first kappa shape index (κ1) is 85.0. The maximum atomic E-state index is 6.81. The molecule has 34 rings (SSSR count). The predicted molar refractivity (Wildman–Crippen MR) is 611 cm³/mol. The molecule has 0 radical (unpaired) electrons. The summed E-state index contributed by atoms with van der Waals surface area (Å²) in [5.41, 5.74) is 33.3. The van der Waals surface area contributed by atoms with Gasteiger partial charge in [0.05, 0.1) is 60.2 Å². The molecular formula is C140H95N3O6. The van der Waals surface area contributed by atoms with Crippen LogP contribution in [0.15, 0.2) is 512 Å². The van der Waals surface area contributed by atoms with Crippen molar-refractivity contribution in [3.63, 3.8) is 0 Å². The summed E-state index contributed by atoms with van der Waals surface area (Å²) in [5, 5.41) is 18.1. The fourth-order valence-corrected chi connectivity index (χ4v) is 28.0. The predicted octanol–water partition coefficient (Wildman–Crippen LogP) is 38.5. The number of nitrogens with zero attached hydrogens (tertiary/aromatic N) is 3. The number of anilines is 8. The maximum Gasteiger partial charge on any atom is 0.149 e. The first-order valence-corrected chi connectivity index (χ1v) is 52.2. The van der Waals surface area contributed by atoms with Crippen molar-refractivity contribution in [1.82, 2.24) is 0 Å². The van der Waals surface area contributed by atoms with Crippen LogP contribution in [0.1, 0.15) is 83.0 Å². The molecule has 4 fully saturated rings. The lowest BCUT2D eigenvalue weighted by Crippen LogP contribution is -2.58. The molecule has 0 amide bonds. The Bertz CT molecular complexity index is 10100. The van der Waals surface area contributed by atoms with Gasteiger partial charge in [-0.25, -0.2) is 0 Å². The van der Waals surface area contributed by atoms with Crippen molar-refractivity contribution < 1.29 is 26.5 Å². The molecule has 6 aliphatic rings. The number of hydrogen-bond donors (Lipinski definition) is 0. The minimum atomic E-state index is -0.521. The monoisotopic (exact) mass is 1910 g/mol. The summed E-state index contributed by atoms with van der Waals surface area (Å²) in [7, 11) is 0. The number of para-hydroxylation sites is 8. The lowest BCUT2D eigenvalue weighted by Gasteiger charge is -2.61. The highest BCUT2D eigenvalue weighted by Crippen LogP contribution is 2.65. The second kappa shape index (κ2) is 33.3. The molecule has 9 nitrogen and oxygen atoms in total. The van der Waals surface area contributed by atoms with E-state index in [2.05, 4.69) is 464 Å². The van der Waals surface area contributed by atoms with Crippen LogP contribution in [0.2, 0.25) is 0 Å². The van der Waals surface area contributed by atoms with Crippen molar-refractivity contribution in [2.24, 2.45) is 17.8 Å². The Morgan fingerprint density at radius 3 is 0.913 bits per heavy atom. The molecule has 0 saturated heterocycles. The van der Waals surface area contributed by atoms with Gasteiger partial charge in [-0.2, -0.15) is 0 Å². The van der Waals surface area contributed by atoms with Gasteiger partial charge in [0.1, 0.15) is 67.0 Å². The molecule has 22 aromatic carbocycles. The number of rotatable bonds is 13. The van der Waals surface area contributed by atoms with E-state index in [1.54, 1.807) is 0 Å². The van der Waals surface area contributed by atoms with Gasteiger partial charge in [0.2, 0.25) is 0 Å². The Hall–Kier alpha value is -18.4. The van der Waals surface area contributed by atoms with E-state index in [0.29, 0.717) is 0 Å². The fourth-order valence-electron chi connectivity index (χ4n) is 28.0. The Morgan fingerprint density at radius 1 is 0.188 bits per heavy atom. The van der Waals surface area contributed by atoms with Gasteiger partial charge in [0, 0.05) is 84.5 Å². The Morgan fingerprint density at radius 2 is 0.483 bits per heavy atom. The van der Waals surface area contributed by atoms with E-state index in [4.69, 9.17) is 26.5 Å². The summed E-state index contributed by atoms with van der Waals surface area (Å²) in [6.07, 6.45) is 7.98. The second-order valence-electron chi connectivity index (χ2n) is 41.5. The normalized spacial score (nSPS) is 16.5. The number of furan rings is 6. The molecule has 149 heavy (non-hydrogen) atoms. The number of fused-ring (bicyclic) bond motifs is 30. The van der Waals surface area contributed by atoms with Crippen molar-refractivity contribution in [2.75, 3.05) is 14.7 Å².